The van der Waals surface area contributed by atoms with E-state index >= 15 is 0 Å². The van der Waals surface area contributed by atoms with Crippen molar-refractivity contribution in [1.82, 2.24) is 0 Å². The molecule has 0 amide bonds. The normalized spacial score (nSPS) is 23.4. The molecule has 2 atom stereocenters. The standard InChI is InChI=1S/C15H20O4S/c1-2-11-6-5-7-12(10-11)20(18,19)14-9-4-3-8-13(14)15(16)17/h3-4,8-9,11-12H,2,5-7,10H2,1H3,(H,16,17). The molecule has 1 aromatic rings. The summed E-state index contributed by atoms with van der Waals surface area (Å²) in [5.74, 6) is -0.757. The topological polar surface area (TPSA) is 71.4 Å². The molecule has 0 heterocycles. The van der Waals surface area contributed by atoms with Crippen LogP contribution in [0.5, 0.6) is 0 Å². The minimum atomic E-state index is -3.56. The Kier molecular flexibility index (Phi) is 4.48. The molecule has 1 saturated carbocycles. The van der Waals surface area contributed by atoms with E-state index in [0.29, 0.717) is 18.8 Å². The largest absolute Gasteiger partial charge is 0.478 e. The number of sulfone groups is 1. The van der Waals surface area contributed by atoms with Crippen LogP contribution in [0.3, 0.4) is 0 Å². The molecule has 1 fully saturated rings. The minimum Gasteiger partial charge on any atom is -0.478 e. The van der Waals surface area contributed by atoms with Gasteiger partial charge in [-0.25, -0.2) is 13.2 Å². The predicted octanol–water partition coefficient (Wildman–Crippen LogP) is 3.13. The summed E-state index contributed by atoms with van der Waals surface area (Å²) in [6.45, 7) is 2.07. The first-order valence-electron chi connectivity index (χ1n) is 7.03. The van der Waals surface area contributed by atoms with Crippen LogP contribution in [0.15, 0.2) is 29.2 Å². The number of rotatable bonds is 4. The molecule has 0 radical (unpaired) electrons. The monoisotopic (exact) mass is 296 g/mol. The van der Waals surface area contributed by atoms with Crippen LogP contribution in [-0.2, 0) is 9.84 Å². The first-order chi connectivity index (χ1) is 9.46. The summed E-state index contributed by atoms with van der Waals surface area (Å²) in [6.07, 6.45) is 4.23. The van der Waals surface area contributed by atoms with Crippen LogP contribution in [0.4, 0.5) is 0 Å². The smallest absolute Gasteiger partial charge is 0.337 e. The Morgan fingerprint density at radius 3 is 2.65 bits per heavy atom. The highest BCUT2D eigenvalue weighted by Crippen LogP contribution is 2.34. The van der Waals surface area contributed by atoms with E-state index in [1.807, 2.05) is 0 Å². The van der Waals surface area contributed by atoms with E-state index in [-0.39, 0.29) is 10.5 Å². The number of carboxylic acids is 1. The van der Waals surface area contributed by atoms with E-state index in [9.17, 15) is 13.2 Å². The van der Waals surface area contributed by atoms with Crippen molar-refractivity contribution in [2.24, 2.45) is 5.92 Å². The number of carboxylic acid groups (broad SMARTS) is 1. The summed E-state index contributed by atoms with van der Waals surface area (Å²) < 4.78 is 25.4. The predicted molar refractivity (Wildman–Crippen MR) is 76.6 cm³/mol. The lowest BCUT2D eigenvalue weighted by Gasteiger charge is -2.28. The molecule has 110 valence electrons. The van der Waals surface area contributed by atoms with Gasteiger partial charge in [0.1, 0.15) is 0 Å². The summed E-state index contributed by atoms with van der Waals surface area (Å²) >= 11 is 0. The van der Waals surface area contributed by atoms with Crippen LogP contribution in [0.2, 0.25) is 0 Å². The van der Waals surface area contributed by atoms with Crippen molar-refractivity contribution in [2.75, 3.05) is 0 Å². The van der Waals surface area contributed by atoms with E-state index in [1.165, 1.54) is 12.1 Å². The van der Waals surface area contributed by atoms with E-state index in [0.717, 1.165) is 19.3 Å². The van der Waals surface area contributed by atoms with Crippen LogP contribution < -0.4 is 0 Å². The maximum atomic E-state index is 12.7. The highest BCUT2D eigenvalue weighted by atomic mass is 32.2. The van der Waals surface area contributed by atoms with Gasteiger partial charge in [-0.2, -0.15) is 0 Å². The second-order valence-corrected chi connectivity index (χ2v) is 7.61. The van der Waals surface area contributed by atoms with Crippen LogP contribution in [0, 0.1) is 5.92 Å². The summed E-state index contributed by atoms with van der Waals surface area (Å²) in [6, 6.07) is 5.90. The zero-order valence-corrected chi connectivity index (χ0v) is 12.4. The van der Waals surface area contributed by atoms with Gasteiger partial charge in [0.25, 0.3) is 0 Å². The van der Waals surface area contributed by atoms with Crippen LogP contribution >= 0.6 is 0 Å². The Morgan fingerprint density at radius 2 is 2.00 bits per heavy atom. The van der Waals surface area contributed by atoms with Gasteiger partial charge in [0.15, 0.2) is 9.84 Å². The van der Waals surface area contributed by atoms with Gasteiger partial charge in [-0.3, -0.25) is 0 Å². The maximum Gasteiger partial charge on any atom is 0.337 e. The first kappa shape index (κ1) is 15.0. The number of benzene rings is 1. The fourth-order valence-corrected chi connectivity index (χ4v) is 5.06. The van der Waals surface area contributed by atoms with Gasteiger partial charge >= 0.3 is 5.97 Å². The molecule has 0 spiro atoms. The summed E-state index contributed by atoms with van der Waals surface area (Å²) in [4.78, 5) is 11.2. The van der Waals surface area contributed by atoms with Crippen molar-refractivity contribution in [1.29, 1.82) is 0 Å². The maximum absolute atomic E-state index is 12.7. The molecule has 1 N–H and O–H groups in total. The Balaban J connectivity index is 2.38. The highest BCUT2D eigenvalue weighted by Gasteiger charge is 2.34. The molecule has 5 heteroatoms. The van der Waals surface area contributed by atoms with Crippen LogP contribution in [0.25, 0.3) is 0 Å². The molecule has 0 aliphatic heterocycles. The summed E-state index contributed by atoms with van der Waals surface area (Å²) in [7, 11) is -3.56. The van der Waals surface area contributed by atoms with Gasteiger partial charge in [-0.1, -0.05) is 38.3 Å². The lowest BCUT2D eigenvalue weighted by atomic mass is 9.87. The molecule has 1 aromatic carbocycles. The van der Waals surface area contributed by atoms with Crippen molar-refractivity contribution >= 4 is 15.8 Å². The Morgan fingerprint density at radius 1 is 1.30 bits per heavy atom. The third-order valence-corrected chi connectivity index (χ3v) is 6.45. The van der Waals surface area contributed by atoms with Crippen molar-refractivity contribution < 1.29 is 18.3 Å². The molecule has 0 bridgehead atoms. The van der Waals surface area contributed by atoms with Gasteiger partial charge in [-0.05, 0) is 30.9 Å². The number of hydrogen-bond acceptors (Lipinski definition) is 3. The second kappa shape index (κ2) is 5.95. The van der Waals surface area contributed by atoms with E-state index < -0.39 is 21.1 Å². The van der Waals surface area contributed by atoms with Crippen molar-refractivity contribution in [3.05, 3.63) is 29.8 Å². The van der Waals surface area contributed by atoms with Gasteiger partial charge in [0, 0.05) is 0 Å². The van der Waals surface area contributed by atoms with Crippen molar-refractivity contribution in [3.8, 4) is 0 Å². The molecule has 0 aromatic heterocycles. The molecule has 1 aliphatic rings. The molecule has 1 aliphatic carbocycles. The molecule has 20 heavy (non-hydrogen) atoms. The molecular weight excluding hydrogens is 276 g/mol. The lowest BCUT2D eigenvalue weighted by Crippen LogP contribution is -2.29. The van der Waals surface area contributed by atoms with E-state index in [4.69, 9.17) is 5.11 Å². The van der Waals surface area contributed by atoms with Crippen molar-refractivity contribution in [3.63, 3.8) is 0 Å². The average Bonchev–Trinajstić information content (AvgIpc) is 2.47. The van der Waals surface area contributed by atoms with E-state index in [1.54, 1.807) is 12.1 Å². The van der Waals surface area contributed by atoms with Gasteiger partial charge in [-0.15, -0.1) is 0 Å². The first-order valence-corrected chi connectivity index (χ1v) is 8.57. The molecule has 2 rings (SSSR count). The lowest BCUT2D eigenvalue weighted by molar-refractivity contribution is 0.0692. The number of carbonyl (C=O) groups is 1. The molecular formula is C15H20O4S. The van der Waals surface area contributed by atoms with Gasteiger partial charge in [0.2, 0.25) is 0 Å². The molecule has 0 saturated heterocycles. The zero-order valence-electron chi connectivity index (χ0n) is 11.6. The third kappa shape index (κ3) is 2.87. The summed E-state index contributed by atoms with van der Waals surface area (Å²) in [5.41, 5.74) is -0.119. The van der Waals surface area contributed by atoms with E-state index in [2.05, 4.69) is 6.92 Å². The molecule has 4 nitrogen and oxygen atoms in total. The Bertz CT molecular complexity index is 592. The van der Waals surface area contributed by atoms with Gasteiger partial charge in [0.05, 0.1) is 15.7 Å². The van der Waals surface area contributed by atoms with Crippen LogP contribution in [0.1, 0.15) is 49.4 Å². The molecule has 2 unspecified atom stereocenters. The quantitative estimate of drug-likeness (QED) is 0.926. The SMILES string of the molecule is CCC1CCCC(S(=O)(=O)c2ccccc2C(=O)O)C1. The van der Waals surface area contributed by atoms with Gasteiger partial charge < -0.3 is 5.11 Å². The average molecular weight is 296 g/mol. The third-order valence-electron chi connectivity index (χ3n) is 4.17. The minimum absolute atomic E-state index is 0.0331. The number of aromatic carboxylic acids is 1. The number of hydrogen-bond donors (Lipinski definition) is 1. The fraction of sp³-hybridized carbons (Fsp3) is 0.533. The Hall–Kier alpha value is -1.36. The highest BCUT2D eigenvalue weighted by molar-refractivity contribution is 7.92. The zero-order chi connectivity index (χ0) is 14.8. The van der Waals surface area contributed by atoms with Crippen LogP contribution in [-0.4, -0.2) is 24.7 Å². The fourth-order valence-electron chi connectivity index (χ4n) is 2.97. The van der Waals surface area contributed by atoms with Crippen molar-refractivity contribution in [2.45, 2.75) is 49.2 Å². The second-order valence-electron chi connectivity index (χ2n) is 5.41. The summed E-state index contributed by atoms with van der Waals surface area (Å²) in [5, 5.41) is 8.72. The Labute approximate surface area is 119 Å².